The third kappa shape index (κ3) is 2.70. The Kier molecular flexibility index (Phi) is 4.27. The minimum atomic E-state index is 0.152. The van der Waals surface area contributed by atoms with Crippen molar-refractivity contribution >= 4 is 38.9 Å². The van der Waals surface area contributed by atoms with E-state index in [-0.39, 0.29) is 11.9 Å². The summed E-state index contributed by atoms with van der Waals surface area (Å²) in [6.45, 7) is 0.838. The molecule has 0 aliphatic carbocycles. The summed E-state index contributed by atoms with van der Waals surface area (Å²) in [5, 5.41) is 1.15. The summed E-state index contributed by atoms with van der Waals surface area (Å²) in [7, 11) is 0. The van der Waals surface area contributed by atoms with Crippen LogP contribution < -0.4 is 0 Å². The normalized spacial score (nSPS) is 20.1. The molecule has 2 heterocycles. The Bertz CT molecular complexity index is 576. The Morgan fingerprint density at radius 2 is 2.15 bits per heavy atom. The number of nitrogens with zero attached hydrogens (tertiary/aromatic N) is 1. The van der Waals surface area contributed by atoms with Gasteiger partial charge in [-0.3, -0.25) is 4.79 Å². The van der Waals surface area contributed by atoms with Gasteiger partial charge in [0.05, 0.1) is 4.88 Å². The Hall–Kier alpha value is -1.06. The zero-order valence-corrected chi connectivity index (χ0v) is 12.9. The molecule has 1 aliphatic heterocycles. The highest BCUT2D eigenvalue weighted by Gasteiger charge is 2.26. The van der Waals surface area contributed by atoms with Gasteiger partial charge in [-0.05, 0) is 30.4 Å². The molecule has 0 spiro atoms. The van der Waals surface area contributed by atoms with E-state index in [1.807, 2.05) is 23.1 Å². The second kappa shape index (κ2) is 6.15. The van der Waals surface area contributed by atoms with Crippen molar-refractivity contribution < 1.29 is 4.79 Å². The van der Waals surface area contributed by atoms with Crippen LogP contribution in [0, 0.1) is 0 Å². The molecule has 0 N–H and O–H groups in total. The van der Waals surface area contributed by atoms with Crippen LogP contribution in [-0.4, -0.2) is 29.3 Å². The predicted octanol–water partition coefficient (Wildman–Crippen LogP) is 4.52. The lowest BCUT2D eigenvalue weighted by molar-refractivity contribution is 0.0705. The van der Waals surface area contributed by atoms with Gasteiger partial charge in [-0.1, -0.05) is 31.0 Å². The van der Waals surface area contributed by atoms with Gasteiger partial charge in [0.1, 0.15) is 0 Å². The summed E-state index contributed by atoms with van der Waals surface area (Å²) in [6.07, 6.45) is 4.49. The number of fused-ring (bicyclic) bond motifs is 1. The third-order valence-corrected chi connectivity index (χ3v) is 5.41. The highest BCUT2D eigenvalue weighted by Crippen LogP contribution is 2.28. The molecule has 4 heteroatoms. The van der Waals surface area contributed by atoms with Gasteiger partial charge < -0.3 is 4.90 Å². The maximum atomic E-state index is 12.8. The molecule has 1 aliphatic rings. The number of thiophene rings is 1. The average Bonchev–Trinajstić information content (AvgIpc) is 2.77. The van der Waals surface area contributed by atoms with Crippen LogP contribution in [-0.2, 0) is 0 Å². The maximum Gasteiger partial charge on any atom is 0.264 e. The van der Waals surface area contributed by atoms with Crippen LogP contribution in [0.25, 0.3) is 10.1 Å². The van der Waals surface area contributed by atoms with Crippen molar-refractivity contribution in [3.05, 3.63) is 35.2 Å². The zero-order chi connectivity index (χ0) is 13.9. The second-order valence-electron chi connectivity index (χ2n) is 5.30. The Morgan fingerprint density at radius 1 is 1.30 bits per heavy atom. The number of hydrogen-bond acceptors (Lipinski definition) is 2. The van der Waals surface area contributed by atoms with Crippen molar-refractivity contribution in [3.8, 4) is 0 Å². The molecule has 106 valence electrons. The summed E-state index contributed by atoms with van der Waals surface area (Å²) in [4.78, 5) is 15.6. The number of halogens is 1. The molecule has 1 saturated heterocycles. The van der Waals surface area contributed by atoms with E-state index in [9.17, 15) is 4.79 Å². The quantitative estimate of drug-likeness (QED) is 0.747. The molecule has 1 atom stereocenters. The fourth-order valence-electron chi connectivity index (χ4n) is 2.83. The predicted molar refractivity (Wildman–Crippen MR) is 85.8 cm³/mol. The lowest BCUT2D eigenvalue weighted by Gasteiger charge is -2.28. The van der Waals surface area contributed by atoms with Crippen LogP contribution >= 0.6 is 22.9 Å². The first-order valence-corrected chi connectivity index (χ1v) is 8.50. The number of amides is 1. The first-order valence-electron chi connectivity index (χ1n) is 7.15. The van der Waals surface area contributed by atoms with E-state index in [4.69, 9.17) is 11.6 Å². The highest BCUT2D eigenvalue weighted by molar-refractivity contribution is 7.20. The largest absolute Gasteiger partial charge is 0.334 e. The summed E-state index contributed by atoms with van der Waals surface area (Å²) in [5.41, 5.74) is 0. The molecule has 0 bridgehead atoms. The summed E-state index contributed by atoms with van der Waals surface area (Å²) >= 11 is 7.65. The molecule has 1 aromatic heterocycles. The number of hydrogen-bond donors (Lipinski definition) is 0. The molecular weight excluding hydrogens is 290 g/mol. The lowest BCUT2D eigenvalue weighted by atomic mass is 10.1. The Morgan fingerprint density at radius 3 is 2.95 bits per heavy atom. The molecular formula is C16H18ClNOS. The molecule has 0 saturated carbocycles. The number of rotatable bonds is 2. The lowest BCUT2D eigenvalue weighted by Crippen LogP contribution is -2.40. The second-order valence-corrected chi connectivity index (χ2v) is 6.70. The monoisotopic (exact) mass is 307 g/mol. The molecule has 1 amide bonds. The van der Waals surface area contributed by atoms with Crippen molar-refractivity contribution in [1.29, 1.82) is 0 Å². The summed E-state index contributed by atoms with van der Waals surface area (Å²) < 4.78 is 1.17. The third-order valence-electron chi connectivity index (χ3n) is 3.95. The van der Waals surface area contributed by atoms with Gasteiger partial charge in [-0.25, -0.2) is 0 Å². The SMILES string of the molecule is O=C(c1cc2ccccc2s1)N1CCCCCC1CCl. The van der Waals surface area contributed by atoms with E-state index in [0.29, 0.717) is 5.88 Å². The molecule has 2 aromatic rings. The van der Waals surface area contributed by atoms with Crippen LogP contribution in [0.5, 0.6) is 0 Å². The van der Waals surface area contributed by atoms with Gasteiger partial charge in [0.15, 0.2) is 0 Å². The molecule has 20 heavy (non-hydrogen) atoms. The molecule has 1 aromatic carbocycles. The smallest absolute Gasteiger partial charge is 0.264 e. The van der Waals surface area contributed by atoms with Crippen LogP contribution in [0.1, 0.15) is 35.4 Å². The average molecular weight is 308 g/mol. The van der Waals surface area contributed by atoms with E-state index in [2.05, 4.69) is 12.1 Å². The number of likely N-dealkylation sites (tertiary alicyclic amines) is 1. The van der Waals surface area contributed by atoms with Crippen LogP contribution in [0.15, 0.2) is 30.3 Å². The van der Waals surface area contributed by atoms with Gasteiger partial charge >= 0.3 is 0 Å². The summed E-state index contributed by atoms with van der Waals surface area (Å²) in [6, 6.07) is 10.4. The van der Waals surface area contributed by atoms with E-state index >= 15 is 0 Å². The molecule has 1 fully saturated rings. The van der Waals surface area contributed by atoms with Crippen molar-refractivity contribution in [2.75, 3.05) is 12.4 Å². The summed E-state index contributed by atoms with van der Waals surface area (Å²) in [5.74, 6) is 0.690. The Balaban J connectivity index is 1.89. The molecule has 3 rings (SSSR count). The number of benzene rings is 1. The number of carbonyl (C=O) groups excluding carboxylic acids is 1. The van der Waals surface area contributed by atoms with E-state index < -0.39 is 0 Å². The standard InChI is InChI=1S/C16H18ClNOS/c17-11-13-7-2-1-5-9-18(13)16(19)15-10-12-6-3-4-8-14(12)20-15/h3-4,6,8,10,13H,1-2,5,7,9,11H2. The first-order chi connectivity index (χ1) is 9.79. The van der Waals surface area contributed by atoms with Crippen molar-refractivity contribution in [1.82, 2.24) is 4.90 Å². The van der Waals surface area contributed by atoms with E-state index in [1.54, 1.807) is 11.3 Å². The number of alkyl halides is 1. The van der Waals surface area contributed by atoms with Crippen LogP contribution in [0.4, 0.5) is 0 Å². The van der Waals surface area contributed by atoms with Crippen molar-refractivity contribution in [2.24, 2.45) is 0 Å². The minimum Gasteiger partial charge on any atom is -0.334 e. The number of carbonyl (C=O) groups is 1. The minimum absolute atomic E-state index is 0.152. The van der Waals surface area contributed by atoms with E-state index in [0.717, 1.165) is 29.6 Å². The fraction of sp³-hybridized carbons (Fsp3) is 0.438. The maximum absolute atomic E-state index is 12.8. The fourth-order valence-corrected chi connectivity index (χ4v) is 4.17. The highest BCUT2D eigenvalue weighted by atomic mass is 35.5. The van der Waals surface area contributed by atoms with Crippen LogP contribution in [0.2, 0.25) is 0 Å². The van der Waals surface area contributed by atoms with Crippen LogP contribution in [0.3, 0.4) is 0 Å². The van der Waals surface area contributed by atoms with Crippen molar-refractivity contribution in [3.63, 3.8) is 0 Å². The van der Waals surface area contributed by atoms with Gasteiger partial charge in [-0.2, -0.15) is 0 Å². The van der Waals surface area contributed by atoms with Gasteiger partial charge in [0.25, 0.3) is 5.91 Å². The van der Waals surface area contributed by atoms with Crippen molar-refractivity contribution in [2.45, 2.75) is 31.7 Å². The first kappa shape index (κ1) is 13.9. The Labute approximate surface area is 128 Å². The van der Waals surface area contributed by atoms with E-state index in [1.165, 1.54) is 17.5 Å². The topological polar surface area (TPSA) is 20.3 Å². The molecule has 0 radical (unpaired) electrons. The van der Waals surface area contributed by atoms with Gasteiger partial charge in [0, 0.05) is 23.2 Å². The molecule has 1 unspecified atom stereocenters. The van der Waals surface area contributed by atoms with Gasteiger partial charge in [0.2, 0.25) is 0 Å². The zero-order valence-electron chi connectivity index (χ0n) is 11.3. The van der Waals surface area contributed by atoms with Gasteiger partial charge in [-0.15, -0.1) is 22.9 Å². The molecule has 2 nitrogen and oxygen atoms in total.